The first-order valence-electron chi connectivity index (χ1n) is 3.97. The fraction of sp³-hybridized carbons (Fsp3) is 0.125. The highest BCUT2D eigenvalue weighted by atomic mass is 35.7. The average Bonchev–Trinajstić information content (AvgIpc) is 2.14. The molecule has 0 saturated carbocycles. The zero-order chi connectivity index (χ0) is 12.5. The standard InChI is InChI=1S/C8H6ClNO5S/c1-5-2-3-7(10(12)13)6(4-11)8(5)16(9,14)15/h2-4H,1H3. The Morgan fingerprint density at radius 2 is 2.00 bits per heavy atom. The number of rotatable bonds is 3. The third kappa shape index (κ3) is 2.20. The lowest BCUT2D eigenvalue weighted by Crippen LogP contribution is -2.04. The summed E-state index contributed by atoms with van der Waals surface area (Å²) in [5.41, 5.74) is -0.928. The van der Waals surface area contributed by atoms with E-state index < -0.39 is 30.1 Å². The molecule has 1 rings (SSSR count). The summed E-state index contributed by atoms with van der Waals surface area (Å²) in [6, 6.07) is 2.28. The Bertz CT molecular complexity index is 566. The van der Waals surface area contributed by atoms with Gasteiger partial charge in [0, 0.05) is 16.7 Å². The largest absolute Gasteiger partial charge is 0.298 e. The normalized spacial score (nSPS) is 11.1. The molecule has 1 aromatic carbocycles. The molecule has 8 heteroatoms. The molecule has 0 bridgehead atoms. The first-order chi connectivity index (χ1) is 7.29. The number of benzene rings is 1. The summed E-state index contributed by atoms with van der Waals surface area (Å²) in [4.78, 5) is 19.9. The molecule has 0 unspecified atom stereocenters. The maximum Gasteiger partial charge on any atom is 0.281 e. The summed E-state index contributed by atoms with van der Waals surface area (Å²) in [6.45, 7) is 1.39. The fourth-order valence-corrected chi connectivity index (χ4v) is 2.78. The number of nitro benzene ring substituents is 1. The van der Waals surface area contributed by atoms with Crippen molar-refractivity contribution in [2.75, 3.05) is 0 Å². The number of halogens is 1. The minimum Gasteiger partial charge on any atom is -0.298 e. The number of aryl methyl sites for hydroxylation is 1. The second kappa shape index (κ2) is 4.18. The third-order valence-electron chi connectivity index (χ3n) is 1.93. The fourth-order valence-electron chi connectivity index (χ4n) is 1.29. The number of nitrogens with zero attached hydrogens (tertiary/aromatic N) is 1. The number of carbonyl (C=O) groups excluding carboxylic acids is 1. The van der Waals surface area contributed by atoms with E-state index in [1.165, 1.54) is 13.0 Å². The molecular formula is C8H6ClNO5S. The van der Waals surface area contributed by atoms with Gasteiger partial charge < -0.3 is 0 Å². The molecule has 0 heterocycles. The van der Waals surface area contributed by atoms with E-state index in [9.17, 15) is 23.3 Å². The van der Waals surface area contributed by atoms with Crippen molar-refractivity contribution in [2.45, 2.75) is 11.8 Å². The number of carbonyl (C=O) groups is 1. The van der Waals surface area contributed by atoms with E-state index in [4.69, 9.17) is 10.7 Å². The van der Waals surface area contributed by atoms with Crippen LogP contribution in [0.1, 0.15) is 15.9 Å². The molecule has 16 heavy (non-hydrogen) atoms. The number of hydrogen-bond donors (Lipinski definition) is 0. The average molecular weight is 264 g/mol. The van der Waals surface area contributed by atoms with Crippen molar-refractivity contribution >= 4 is 31.7 Å². The molecule has 0 atom stereocenters. The molecule has 0 aliphatic rings. The molecule has 0 fully saturated rings. The van der Waals surface area contributed by atoms with Gasteiger partial charge in [-0.2, -0.15) is 0 Å². The highest BCUT2D eigenvalue weighted by Gasteiger charge is 2.26. The Morgan fingerprint density at radius 1 is 1.44 bits per heavy atom. The second-order valence-electron chi connectivity index (χ2n) is 2.96. The van der Waals surface area contributed by atoms with Crippen LogP contribution in [0, 0.1) is 17.0 Å². The first kappa shape index (κ1) is 12.6. The van der Waals surface area contributed by atoms with Gasteiger partial charge in [0.05, 0.1) is 4.92 Å². The molecule has 0 aliphatic carbocycles. The van der Waals surface area contributed by atoms with Crippen molar-refractivity contribution < 1.29 is 18.1 Å². The molecule has 0 N–H and O–H groups in total. The van der Waals surface area contributed by atoms with Crippen LogP contribution in [0.25, 0.3) is 0 Å². The SMILES string of the molecule is Cc1ccc([N+](=O)[O-])c(C=O)c1S(=O)(=O)Cl. The minimum absolute atomic E-state index is 0.112. The highest BCUT2D eigenvalue weighted by molar-refractivity contribution is 8.13. The summed E-state index contributed by atoms with van der Waals surface area (Å²) >= 11 is 0. The minimum atomic E-state index is -4.20. The quantitative estimate of drug-likeness (QED) is 0.358. The number of aldehydes is 1. The van der Waals surface area contributed by atoms with Crippen molar-refractivity contribution in [1.82, 2.24) is 0 Å². The van der Waals surface area contributed by atoms with Crippen LogP contribution in [-0.2, 0) is 9.05 Å². The lowest BCUT2D eigenvalue weighted by Gasteiger charge is -2.05. The molecule has 0 spiro atoms. The van der Waals surface area contributed by atoms with Crippen LogP contribution in [-0.4, -0.2) is 19.6 Å². The molecule has 86 valence electrons. The van der Waals surface area contributed by atoms with Crippen molar-refractivity contribution in [2.24, 2.45) is 0 Å². The van der Waals surface area contributed by atoms with Crippen LogP contribution in [0.15, 0.2) is 17.0 Å². The van der Waals surface area contributed by atoms with Gasteiger partial charge in [-0.3, -0.25) is 14.9 Å². The molecule has 0 saturated heterocycles. The van der Waals surface area contributed by atoms with Gasteiger partial charge >= 0.3 is 0 Å². The summed E-state index contributed by atoms with van der Waals surface area (Å²) in [5.74, 6) is 0. The smallest absolute Gasteiger partial charge is 0.281 e. The maximum atomic E-state index is 11.2. The third-order valence-corrected chi connectivity index (χ3v) is 3.42. The van der Waals surface area contributed by atoms with Gasteiger partial charge in [0.25, 0.3) is 14.7 Å². The van der Waals surface area contributed by atoms with Gasteiger partial charge in [-0.1, -0.05) is 6.07 Å². The van der Waals surface area contributed by atoms with Gasteiger partial charge in [-0.05, 0) is 12.5 Å². The van der Waals surface area contributed by atoms with Gasteiger partial charge in [0.15, 0.2) is 6.29 Å². The molecule has 0 aromatic heterocycles. The molecule has 0 aliphatic heterocycles. The van der Waals surface area contributed by atoms with E-state index in [0.717, 1.165) is 6.07 Å². The van der Waals surface area contributed by atoms with E-state index in [-0.39, 0.29) is 11.8 Å². The van der Waals surface area contributed by atoms with E-state index in [0.29, 0.717) is 0 Å². The Balaban J connectivity index is 3.78. The highest BCUT2D eigenvalue weighted by Crippen LogP contribution is 2.29. The maximum absolute atomic E-state index is 11.2. The van der Waals surface area contributed by atoms with Crippen molar-refractivity contribution in [1.29, 1.82) is 0 Å². The summed E-state index contributed by atoms with van der Waals surface area (Å²) < 4.78 is 22.4. The van der Waals surface area contributed by atoms with Gasteiger partial charge in [0.1, 0.15) is 10.5 Å². The Hall–Kier alpha value is -1.47. The van der Waals surface area contributed by atoms with E-state index in [2.05, 4.69) is 0 Å². The monoisotopic (exact) mass is 263 g/mol. The molecule has 1 aromatic rings. The van der Waals surface area contributed by atoms with E-state index in [1.807, 2.05) is 0 Å². The Kier molecular flexibility index (Phi) is 3.30. The van der Waals surface area contributed by atoms with Gasteiger partial charge in [0.2, 0.25) is 0 Å². The van der Waals surface area contributed by atoms with Crippen molar-refractivity contribution in [3.63, 3.8) is 0 Å². The van der Waals surface area contributed by atoms with Crippen molar-refractivity contribution in [3.05, 3.63) is 33.4 Å². The number of nitro groups is 1. The molecular weight excluding hydrogens is 258 g/mol. The van der Waals surface area contributed by atoms with E-state index >= 15 is 0 Å². The van der Waals surface area contributed by atoms with Crippen LogP contribution in [0.2, 0.25) is 0 Å². The predicted molar refractivity (Wildman–Crippen MR) is 56.3 cm³/mol. The second-order valence-corrected chi connectivity index (χ2v) is 5.46. The Morgan fingerprint density at radius 3 is 2.38 bits per heavy atom. The molecule has 6 nitrogen and oxygen atoms in total. The van der Waals surface area contributed by atoms with Gasteiger partial charge in [-0.25, -0.2) is 8.42 Å². The van der Waals surface area contributed by atoms with Crippen LogP contribution in [0.5, 0.6) is 0 Å². The summed E-state index contributed by atoms with van der Waals surface area (Å²) in [5, 5.41) is 10.6. The molecule has 0 radical (unpaired) electrons. The van der Waals surface area contributed by atoms with Crippen LogP contribution >= 0.6 is 10.7 Å². The lowest BCUT2D eigenvalue weighted by atomic mass is 10.1. The lowest BCUT2D eigenvalue weighted by molar-refractivity contribution is -0.385. The number of hydrogen-bond acceptors (Lipinski definition) is 5. The topological polar surface area (TPSA) is 94.3 Å². The predicted octanol–water partition coefficient (Wildman–Crippen LogP) is 1.64. The zero-order valence-corrected chi connectivity index (χ0v) is 9.58. The summed E-state index contributed by atoms with van der Waals surface area (Å²) in [6.07, 6.45) is 0.112. The first-order valence-corrected chi connectivity index (χ1v) is 6.27. The van der Waals surface area contributed by atoms with E-state index in [1.54, 1.807) is 0 Å². The van der Waals surface area contributed by atoms with Crippen LogP contribution in [0.4, 0.5) is 5.69 Å². The van der Waals surface area contributed by atoms with Crippen molar-refractivity contribution in [3.8, 4) is 0 Å². The zero-order valence-electron chi connectivity index (χ0n) is 8.01. The Labute approximate surface area is 95.4 Å². The van der Waals surface area contributed by atoms with Gasteiger partial charge in [-0.15, -0.1) is 0 Å². The summed E-state index contributed by atoms with van der Waals surface area (Å²) in [7, 11) is 0.919. The van der Waals surface area contributed by atoms with Crippen LogP contribution in [0.3, 0.4) is 0 Å². The molecule has 0 amide bonds. The van der Waals surface area contributed by atoms with Crippen LogP contribution < -0.4 is 0 Å².